The topological polar surface area (TPSA) is 20.2 Å². The van der Waals surface area contributed by atoms with Crippen molar-refractivity contribution in [1.82, 2.24) is 0 Å². The Bertz CT molecular complexity index is 309. The summed E-state index contributed by atoms with van der Waals surface area (Å²) >= 11 is 2.01. The van der Waals surface area contributed by atoms with Crippen LogP contribution < -0.4 is 0 Å². The summed E-state index contributed by atoms with van der Waals surface area (Å²) in [5.74, 6) is 1.21. The summed E-state index contributed by atoms with van der Waals surface area (Å²) in [6, 6.07) is 0. The monoisotopic (exact) mass is 310 g/mol. The van der Waals surface area contributed by atoms with Crippen LogP contribution >= 0.6 is 11.8 Å². The van der Waals surface area contributed by atoms with Crippen LogP contribution in [0.3, 0.4) is 0 Å². The zero-order valence-corrected chi connectivity index (χ0v) is 14.9. The molecule has 1 N–H and O–H groups in total. The number of aliphatic hydroxyl groups excluding tert-OH is 1. The number of rotatable bonds is 11. The summed E-state index contributed by atoms with van der Waals surface area (Å²) < 4.78 is 0. The molecule has 21 heavy (non-hydrogen) atoms. The molecule has 4 unspecified atom stereocenters. The van der Waals surface area contributed by atoms with Gasteiger partial charge in [0.25, 0.3) is 0 Å². The number of hydrogen-bond acceptors (Lipinski definition) is 2. The molecule has 0 heterocycles. The first-order valence-corrected chi connectivity index (χ1v) is 10.0. The number of aliphatic hydroxyl groups is 1. The number of thioether (sulfide) groups is 1. The van der Waals surface area contributed by atoms with E-state index in [1.54, 1.807) is 0 Å². The Balaban J connectivity index is 2.52. The minimum Gasteiger partial charge on any atom is -0.393 e. The van der Waals surface area contributed by atoms with Gasteiger partial charge in [0.2, 0.25) is 0 Å². The lowest BCUT2D eigenvalue weighted by Crippen LogP contribution is -2.28. The predicted molar refractivity (Wildman–Crippen MR) is 96.9 cm³/mol. The van der Waals surface area contributed by atoms with E-state index in [0.29, 0.717) is 17.1 Å². The van der Waals surface area contributed by atoms with E-state index >= 15 is 0 Å². The van der Waals surface area contributed by atoms with E-state index in [2.05, 4.69) is 37.5 Å². The largest absolute Gasteiger partial charge is 0.393 e. The van der Waals surface area contributed by atoms with E-state index < -0.39 is 0 Å². The molecule has 122 valence electrons. The fraction of sp³-hybridized carbons (Fsp3) is 0.789. The summed E-state index contributed by atoms with van der Waals surface area (Å²) in [5.41, 5.74) is 0. The Morgan fingerprint density at radius 3 is 2.52 bits per heavy atom. The molecular weight excluding hydrogens is 276 g/mol. The van der Waals surface area contributed by atoms with Crippen LogP contribution in [-0.2, 0) is 0 Å². The van der Waals surface area contributed by atoms with E-state index in [1.165, 1.54) is 38.5 Å². The third kappa shape index (κ3) is 7.56. The second-order valence-corrected chi connectivity index (χ2v) is 7.52. The van der Waals surface area contributed by atoms with E-state index in [4.69, 9.17) is 0 Å². The smallest absolute Gasteiger partial charge is 0.0515 e. The maximum absolute atomic E-state index is 9.89. The Hall–Kier alpha value is -0.210. The van der Waals surface area contributed by atoms with Crippen molar-refractivity contribution in [2.45, 2.75) is 76.6 Å². The summed E-state index contributed by atoms with van der Waals surface area (Å²) in [4.78, 5) is 0. The third-order valence-corrected chi connectivity index (χ3v) is 5.74. The Morgan fingerprint density at radius 2 is 1.95 bits per heavy atom. The molecule has 0 saturated heterocycles. The molecule has 0 saturated carbocycles. The molecule has 1 rings (SSSR count). The van der Waals surface area contributed by atoms with Crippen LogP contribution in [0.4, 0.5) is 0 Å². The van der Waals surface area contributed by atoms with Gasteiger partial charge < -0.3 is 5.11 Å². The van der Waals surface area contributed by atoms with Crippen LogP contribution in [0.1, 0.15) is 65.2 Å². The van der Waals surface area contributed by atoms with Crippen molar-refractivity contribution >= 4 is 11.8 Å². The van der Waals surface area contributed by atoms with Crippen molar-refractivity contribution in [3.63, 3.8) is 0 Å². The molecule has 2 heteroatoms. The van der Waals surface area contributed by atoms with Crippen LogP contribution in [0.5, 0.6) is 0 Å². The summed E-state index contributed by atoms with van der Waals surface area (Å²) in [7, 11) is 0. The third-order valence-electron chi connectivity index (χ3n) is 4.55. The van der Waals surface area contributed by atoms with Gasteiger partial charge in [-0.15, -0.1) is 0 Å². The zero-order chi connectivity index (χ0) is 15.5. The first kappa shape index (κ1) is 18.8. The number of hydrogen-bond donors (Lipinski definition) is 1. The molecule has 0 aromatic rings. The summed E-state index contributed by atoms with van der Waals surface area (Å²) in [6.07, 6.45) is 21.2. The van der Waals surface area contributed by atoms with Gasteiger partial charge in [0.05, 0.1) is 6.10 Å². The van der Waals surface area contributed by atoms with E-state index in [1.807, 2.05) is 18.7 Å². The predicted octanol–water partition coefficient (Wildman–Crippen LogP) is 5.60. The molecule has 1 aliphatic carbocycles. The molecule has 0 bridgehead atoms. The normalized spacial score (nSPS) is 22.2. The Labute approximate surface area is 136 Å². The standard InChI is InChI=1S/C19H34OS/c1-4-5-6-7-11-14-19(21-3)18(15-16(2)20)17-12-9-8-10-13-17/h8-10,12,16-20H,4-7,11,13-15H2,1-3H3. The van der Waals surface area contributed by atoms with Crippen molar-refractivity contribution in [1.29, 1.82) is 0 Å². The van der Waals surface area contributed by atoms with Gasteiger partial charge in [-0.25, -0.2) is 0 Å². The lowest BCUT2D eigenvalue weighted by atomic mass is 9.80. The highest BCUT2D eigenvalue weighted by Crippen LogP contribution is 2.36. The van der Waals surface area contributed by atoms with Gasteiger partial charge >= 0.3 is 0 Å². The summed E-state index contributed by atoms with van der Waals surface area (Å²) in [5, 5.41) is 10.6. The minimum absolute atomic E-state index is 0.191. The number of allylic oxidation sites excluding steroid dienone is 4. The lowest BCUT2D eigenvalue weighted by molar-refractivity contribution is 0.144. The van der Waals surface area contributed by atoms with Crippen LogP contribution in [0.15, 0.2) is 24.3 Å². The fourth-order valence-electron chi connectivity index (χ4n) is 3.37. The van der Waals surface area contributed by atoms with Crippen molar-refractivity contribution < 1.29 is 5.11 Å². The van der Waals surface area contributed by atoms with Gasteiger partial charge in [-0.05, 0) is 44.3 Å². The van der Waals surface area contributed by atoms with Gasteiger partial charge in [0, 0.05) is 5.25 Å². The average molecular weight is 311 g/mol. The van der Waals surface area contributed by atoms with Gasteiger partial charge in [-0.3, -0.25) is 0 Å². The zero-order valence-electron chi connectivity index (χ0n) is 14.1. The van der Waals surface area contributed by atoms with E-state index in [0.717, 1.165) is 12.8 Å². The lowest BCUT2D eigenvalue weighted by Gasteiger charge is -2.33. The second-order valence-electron chi connectivity index (χ2n) is 6.44. The highest BCUT2D eigenvalue weighted by molar-refractivity contribution is 7.99. The summed E-state index contributed by atoms with van der Waals surface area (Å²) in [6.45, 7) is 4.21. The molecule has 0 radical (unpaired) electrons. The van der Waals surface area contributed by atoms with E-state index in [9.17, 15) is 5.11 Å². The quantitative estimate of drug-likeness (QED) is 0.501. The van der Waals surface area contributed by atoms with Gasteiger partial charge in [0.15, 0.2) is 0 Å². The van der Waals surface area contributed by atoms with Gasteiger partial charge in [0.1, 0.15) is 0 Å². The molecule has 0 spiro atoms. The maximum atomic E-state index is 9.89. The van der Waals surface area contributed by atoms with Crippen molar-refractivity contribution in [2.24, 2.45) is 11.8 Å². The average Bonchev–Trinajstić information content (AvgIpc) is 2.50. The van der Waals surface area contributed by atoms with Crippen LogP contribution in [0.2, 0.25) is 0 Å². The molecule has 0 aliphatic heterocycles. The Kier molecular flexibility index (Phi) is 10.2. The van der Waals surface area contributed by atoms with Crippen molar-refractivity contribution in [3.05, 3.63) is 24.3 Å². The van der Waals surface area contributed by atoms with Crippen LogP contribution in [0.25, 0.3) is 0 Å². The van der Waals surface area contributed by atoms with Gasteiger partial charge in [-0.2, -0.15) is 11.8 Å². The van der Waals surface area contributed by atoms with Crippen LogP contribution in [-0.4, -0.2) is 22.7 Å². The SMILES string of the molecule is CCCCCCCC(SC)C(CC(C)O)C1C=CC=CC1. The van der Waals surface area contributed by atoms with E-state index in [-0.39, 0.29) is 6.10 Å². The maximum Gasteiger partial charge on any atom is 0.0515 e. The number of unbranched alkanes of at least 4 members (excludes halogenated alkanes) is 4. The molecule has 4 atom stereocenters. The molecule has 1 nitrogen and oxygen atoms in total. The highest BCUT2D eigenvalue weighted by Gasteiger charge is 2.28. The minimum atomic E-state index is -0.191. The first-order chi connectivity index (χ1) is 10.2. The molecule has 0 amide bonds. The second kappa shape index (κ2) is 11.4. The molecule has 1 aliphatic rings. The first-order valence-electron chi connectivity index (χ1n) is 8.73. The van der Waals surface area contributed by atoms with Gasteiger partial charge in [-0.1, -0.05) is 63.3 Å². The Morgan fingerprint density at radius 1 is 1.19 bits per heavy atom. The van der Waals surface area contributed by atoms with Crippen LogP contribution in [0, 0.1) is 11.8 Å². The van der Waals surface area contributed by atoms with Crippen molar-refractivity contribution in [2.75, 3.05) is 6.26 Å². The highest BCUT2D eigenvalue weighted by atomic mass is 32.2. The van der Waals surface area contributed by atoms with Crippen molar-refractivity contribution in [3.8, 4) is 0 Å². The fourth-order valence-corrected chi connectivity index (χ4v) is 4.43. The molecule has 0 fully saturated rings. The molecular formula is C19H34OS. The molecule has 0 aromatic heterocycles. The molecule has 0 aromatic carbocycles.